The van der Waals surface area contributed by atoms with Crippen LogP contribution in [0.15, 0.2) is 12.3 Å². The van der Waals surface area contributed by atoms with Gasteiger partial charge in [-0.1, -0.05) is 6.08 Å². The van der Waals surface area contributed by atoms with Crippen molar-refractivity contribution >= 4 is 0 Å². The van der Waals surface area contributed by atoms with Crippen LogP contribution in [0.2, 0.25) is 0 Å². The van der Waals surface area contributed by atoms with Gasteiger partial charge in [-0.05, 0) is 26.6 Å². The van der Waals surface area contributed by atoms with Crippen molar-refractivity contribution in [3.8, 4) is 0 Å². The fraction of sp³-hybridized carbons (Fsp3) is 0.778. The van der Waals surface area contributed by atoms with E-state index in [0.29, 0.717) is 0 Å². The molecule has 2 fully saturated rings. The first-order valence-corrected chi connectivity index (χ1v) is 4.40. The molecule has 2 aliphatic heterocycles. The van der Waals surface area contributed by atoms with Gasteiger partial charge in [-0.3, -0.25) is 4.90 Å². The Morgan fingerprint density at radius 2 is 2.09 bits per heavy atom. The molecule has 0 amide bonds. The van der Waals surface area contributed by atoms with Crippen LogP contribution < -0.4 is 0 Å². The van der Waals surface area contributed by atoms with Gasteiger partial charge in [0.15, 0.2) is 0 Å². The normalized spacial score (nSPS) is 37.8. The fourth-order valence-corrected chi connectivity index (χ4v) is 2.27. The Kier molecular flexibility index (Phi) is 1.64. The lowest BCUT2D eigenvalue weighted by Crippen LogP contribution is -2.41. The second kappa shape index (κ2) is 2.52. The van der Waals surface area contributed by atoms with Crippen LogP contribution in [0.3, 0.4) is 0 Å². The zero-order valence-electron chi connectivity index (χ0n) is 7.33. The van der Waals surface area contributed by atoms with E-state index in [9.17, 15) is 0 Å². The van der Waals surface area contributed by atoms with Crippen LogP contribution in [-0.2, 0) is 0 Å². The number of hydrogen-bond acceptors (Lipinski definition) is 2. The van der Waals surface area contributed by atoms with Gasteiger partial charge in [-0.25, -0.2) is 0 Å². The molecule has 0 N–H and O–H groups in total. The highest BCUT2D eigenvalue weighted by molar-refractivity contribution is 5.02. The molecule has 0 aromatic heterocycles. The largest absolute Gasteiger partial charge is 0.372 e. The lowest BCUT2D eigenvalue weighted by molar-refractivity contribution is 0.193. The number of allylic oxidation sites excluding steroid dienone is 1. The smallest absolute Gasteiger partial charge is 0.0427 e. The highest BCUT2D eigenvalue weighted by Crippen LogP contribution is 2.29. The summed E-state index contributed by atoms with van der Waals surface area (Å²) in [7, 11) is 2.23. The Morgan fingerprint density at radius 1 is 1.27 bits per heavy atom. The molecular formula is C9H16N2. The molecule has 0 spiro atoms. The van der Waals surface area contributed by atoms with Crippen molar-refractivity contribution < 1.29 is 0 Å². The highest BCUT2D eigenvalue weighted by atomic mass is 15.3. The van der Waals surface area contributed by atoms with Gasteiger partial charge in [0.2, 0.25) is 0 Å². The van der Waals surface area contributed by atoms with Crippen molar-refractivity contribution in [2.24, 2.45) is 0 Å². The summed E-state index contributed by atoms with van der Waals surface area (Å²) < 4.78 is 0. The Bertz CT molecular complexity index is 174. The predicted octanol–water partition coefficient (Wildman–Crippen LogP) is 0.908. The molecule has 2 saturated heterocycles. The zero-order chi connectivity index (χ0) is 7.84. The standard InChI is InChI=1S/C9H16N2/c1-3-4-11-7-8-5-9(11)6-10(8)2/h3-4,8-9H,5-7H2,1-2H3/b4-3+/t8-,9-/m1/s1. The van der Waals surface area contributed by atoms with Crippen LogP contribution in [0.25, 0.3) is 0 Å². The second-order valence-corrected chi connectivity index (χ2v) is 3.66. The summed E-state index contributed by atoms with van der Waals surface area (Å²) >= 11 is 0. The van der Waals surface area contributed by atoms with E-state index in [4.69, 9.17) is 0 Å². The van der Waals surface area contributed by atoms with E-state index in [1.807, 2.05) is 0 Å². The second-order valence-electron chi connectivity index (χ2n) is 3.66. The van der Waals surface area contributed by atoms with Gasteiger partial charge < -0.3 is 4.90 Å². The zero-order valence-corrected chi connectivity index (χ0v) is 7.33. The third-order valence-electron chi connectivity index (χ3n) is 2.90. The molecular weight excluding hydrogens is 136 g/mol. The minimum absolute atomic E-state index is 0.807. The third kappa shape index (κ3) is 1.06. The summed E-state index contributed by atoms with van der Waals surface area (Å²) in [4.78, 5) is 4.95. The molecule has 0 saturated carbocycles. The minimum Gasteiger partial charge on any atom is -0.372 e. The van der Waals surface area contributed by atoms with Crippen molar-refractivity contribution in [1.29, 1.82) is 0 Å². The van der Waals surface area contributed by atoms with E-state index < -0.39 is 0 Å². The maximum atomic E-state index is 2.48. The number of likely N-dealkylation sites (tertiary alicyclic amines) is 2. The van der Waals surface area contributed by atoms with E-state index in [2.05, 4.69) is 36.0 Å². The van der Waals surface area contributed by atoms with Gasteiger partial charge in [0.25, 0.3) is 0 Å². The molecule has 62 valence electrons. The highest BCUT2D eigenvalue weighted by Gasteiger charge is 2.39. The maximum absolute atomic E-state index is 2.48. The molecule has 2 bridgehead atoms. The van der Waals surface area contributed by atoms with Crippen molar-refractivity contribution in [1.82, 2.24) is 9.80 Å². The quantitative estimate of drug-likeness (QED) is 0.551. The Morgan fingerprint density at radius 3 is 2.55 bits per heavy atom. The number of likely N-dealkylation sites (N-methyl/N-ethyl adjacent to an activating group) is 1. The average molecular weight is 152 g/mol. The molecule has 2 atom stereocenters. The molecule has 2 aliphatic rings. The summed E-state index contributed by atoms with van der Waals surface area (Å²) in [5.41, 5.74) is 0. The molecule has 2 heterocycles. The SMILES string of the molecule is C/C=C/N1C[C@H]2C[C@@H]1CN2C. The first kappa shape index (κ1) is 7.17. The van der Waals surface area contributed by atoms with Gasteiger partial charge in [0.1, 0.15) is 0 Å². The van der Waals surface area contributed by atoms with E-state index in [-0.39, 0.29) is 0 Å². The summed E-state index contributed by atoms with van der Waals surface area (Å²) in [6.45, 7) is 4.59. The maximum Gasteiger partial charge on any atom is 0.0427 e. The monoisotopic (exact) mass is 152 g/mol. The lowest BCUT2D eigenvalue weighted by Gasteiger charge is -2.30. The average Bonchev–Trinajstić information content (AvgIpc) is 2.47. The predicted molar refractivity (Wildman–Crippen MR) is 46.3 cm³/mol. The van der Waals surface area contributed by atoms with E-state index >= 15 is 0 Å². The molecule has 0 aromatic carbocycles. The molecule has 0 aromatic rings. The topological polar surface area (TPSA) is 6.48 Å². The van der Waals surface area contributed by atoms with Crippen LogP contribution in [-0.4, -0.2) is 42.0 Å². The summed E-state index contributed by atoms with van der Waals surface area (Å²) in [5, 5.41) is 0. The van der Waals surface area contributed by atoms with Crippen molar-refractivity contribution in [2.45, 2.75) is 25.4 Å². The van der Waals surface area contributed by atoms with Gasteiger partial charge in [0.05, 0.1) is 0 Å². The van der Waals surface area contributed by atoms with E-state index in [0.717, 1.165) is 12.1 Å². The van der Waals surface area contributed by atoms with Crippen LogP contribution in [0, 0.1) is 0 Å². The van der Waals surface area contributed by atoms with Gasteiger partial charge in [-0.15, -0.1) is 0 Å². The number of rotatable bonds is 1. The number of piperazine rings is 1. The Hall–Kier alpha value is -0.500. The molecule has 11 heavy (non-hydrogen) atoms. The lowest BCUT2D eigenvalue weighted by atomic mass is 10.2. The number of nitrogens with zero attached hydrogens (tertiary/aromatic N) is 2. The van der Waals surface area contributed by atoms with Crippen LogP contribution >= 0.6 is 0 Å². The molecule has 0 aliphatic carbocycles. The molecule has 2 nitrogen and oxygen atoms in total. The molecule has 2 rings (SSSR count). The van der Waals surface area contributed by atoms with Crippen LogP contribution in [0.4, 0.5) is 0 Å². The number of fused-ring (bicyclic) bond motifs is 2. The first-order chi connectivity index (χ1) is 5.31. The van der Waals surface area contributed by atoms with Gasteiger partial charge >= 0.3 is 0 Å². The van der Waals surface area contributed by atoms with Crippen LogP contribution in [0.5, 0.6) is 0 Å². The number of hydrogen-bond donors (Lipinski definition) is 0. The molecule has 2 heteroatoms. The summed E-state index contributed by atoms with van der Waals surface area (Å²) in [6, 6.07) is 1.64. The fourth-order valence-electron chi connectivity index (χ4n) is 2.27. The van der Waals surface area contributed by atoms with E-state index in [1.54, 1.807) is 0 Å². The van der Waals surface area contributed by atoms with Crippen molar-refractivity contribution in [3.63, 3.8) is 0 Å². The minimum atomic E-state index is 0.807. The third-order valence-corrected chi connectivity index (χ3v) is 2.90. The Labute approximate surface area is 68.5 Å². The van der Waals surface area contributed by atoms with Gasteiger partial charge in [0, 0.05) is 25.2 Å². The summed E-state index contributed by atoms with van der Waals surface area (Å²) in [5.74, 6) is 0. The van der Waals surface area contributed by atoms with E-state index in [1.165, 1.54) is 19.5 Å². The van der Waals surface area contributed by atoms with Gasteiger partial charge in [-0.2, -0.15) is 0 Å². The van der Waals surface area contributed by atoms with Crippen LogP contribution in [0.1, 0.15) is 13.3 Å². The Balaban J connectivity index is 2.02. The molecule has 0 unspecified atom stereocenters. The van der Waals surface area contributed by atoms with Crippen molar-refractivity contribution in [3.05, 3.63) is 12.3 Å². The first-order valence-electron chi connectivity index (χ1n) is 4.40. The van der Waals surface area contributed by atoms with Crippen molar-refractivity contribution in [2.75, 3.05) is 20.1 Å². The molecule has 0 radical (unpaired) electrons. The summed E-state index contributed by atoms with van der Waals surface area (Å²) in [6.07, 6.45) is 5.75.